The third kappa shape index (κ3) is 4.99. The number of hydrogen-bond acceptors (Lipinski definition) is 5. The first kappa shape index (κ1) is 17.4. The Morgan fingerprint density at radius 2 is 2.05 bits per heavy atom. The van der Waals surface area contributed by atoms with E-state index in [0.29, 0.717) is 38.5 Å². The summed E-state index contributed by atoms with van der Waals surface area (Å²) in [4.78, 5) is 20.4. The monoisotopic (exact) mass is 294 g/mol. The van der Waals surface area contributed by atoms with Crippen molar-refractivity contribution in [2.24, 2.45) is 5.73 Å². The number of rotatable bonds is 9. The molecule has 6 heteroatoms. The number of amides is 1. The number of nitrogens with two attached hydrogens (primary N) is 1. The van der Waals surface area contributed by atoms with Gasteiger partial charge in [0, 0.05) is 51.7 Å². The lowest BCUT2D eigenvalue weighted by Gasteiger charge is -2.24. The van der Waals surface area contributed by atoms with Crippen molar-refractivity contribution in [3.63, 3.8) is 0 Å². The minimum atomic E-state index is -0.0405. The largest absolute Gasteiger partial charge is 0.383 e. The average molecular weight is 294 g/mol. The van der Waals surface area contributed by atoms with Crippen LogP contribution < -0.4 is 10.6 Å². The van der Waals surface area contributed by atoms with E-state index in [-0.39, 0.29) is 5.91 Å². The highest BCUT2D eigenvalue weighted by Gasteiger charge is 2.15. The van der Waals surface area contributed by atoms with Gasteiger partial charge in [-0.05, 0) is 26.0 Å². The van der Waals surface area contributed by atoms with Crippen LogP contribution in [0.3, 0.4) is 0 Å². The van der Waals surface area contributed by atoms with E-state index in [1.165, 1.54) is 0 Å². The fourth-order valence-corrected chi connectivity index (χ4v) is 2.13. The Bertz CT molecular complexity index is 435. The molecule has 2 N–H and O–H groups in total. The lowest BCUT2D eigenvalue weighted by molar-refractivity contribution is 0.0767. The van der Waals surface area contributed by atoms with Crippen LogP contribution in [-0.2, 0) is 4.74 Å². The number of hydrogen-bond donors (Lipinski definition) is 1. The fourth-order valence-electron chi connectivity index (χ4n) is 2.13. The summed E-state index contributed by atoms with van der Waals surface area (Å²) in [6.07, 6.45) is 1.67. The molecule has 1 aromatic heterocycles. The van der Waals surface area contributed by atoms with Gasteiger partial charge in [0.05, 0.1) is 6.61 Å². The molecule has 0 aliphatic heterocycles. The summed E-state index contributed by atoms with van der Waals surface area (Å²) in [5.74, 6) is -0.0405. The highest BCUT2D eigenvalue weighted by molar-refractivity contribution is 5.93. The first-order valence-corrected chi connectivity index (χ1v) is 7.37. The van der Waals surface area contributed by atoms with Gasteiger partial charge in [-0.2, -0.15) is 0 Å². The molecule has 0 aromatic carbocycles. The quantitative estimate of drug-likeness (QED) is 0.735. The molecule has 118 valence electrons. The zero-order chi connectivity index (χ0) is 15.7. The maximum atomic E-state index is 12.3. The van der Waals surface area contributed by atoms with E-state index >= 15 is 0 Å². The summed E-state index contributed by atoms with van der Waals surface area (Å²) < 4.78 is 5.12. The third-order valence-corrected chi connectivity index (χ3v) is 3.34. The highest BCUT2D eigenvalue weighted by Crippen LogP contribution is 2.15. The van der Waals surface area contributed by atoms with Crippen LogP contribution in [0, 0.1) is 0 Å². The van der Waals surface area contributed by atoms with Gasteiger partial charge in [-0.15, -0.1) is 0 Å². The van der Waals surface area contributed by atoms with Gasteiger partial charge in [-0.1, -0.05) is 0 Å². The van der Waals surface area contributed by atoms with E-state index in [9.17, 15) is 4.79 Å². The molecule has 0 radical (unpaired) electrons. The molecule has 21 heavy (non-hydrogen) atoms. The van der Waals surface area contributed by atoms with E-state index in [0.717, 1.165) is 12.2 Å². The number of methoxy groups -OCH3 is 1. The van der Waals surface area contributed by atoms with Gasteiger partial charge < -0.3 is 20.3 Å². The molecule has 1 heterocycles. The first-order valence-electron chi connectivity index (χ1n) is 7.37. The molecule has 0 spiro atoms. The summed E-state index contributed by atoms with van der Waals surface area (Å²) in [6, 6.07) is 3.72. The second-order valence-corrected chi connectivity index (χ2v) is 4.65. The predicted molar refractivity (Wildman–Crippen MR) is 84.6 cm³/mol. The molecular weight excluding hydrogens is 268 g/mol. The van der Waals surface area contributed by atoms with E-state index in [2.05, 4.69) is 9.88 Å². The Morgan fingerprint density at radius 3 is 2.62 bits per heavy atom. The van der Waals surface area contributed by atoms with Crippen molar-refractivity contribution >= 4 is 11.6 Å². The highest BCUT2D eigenvalue weighted by atomic mass is 16.5. The molecule has 0 bridgehead atoms. The summed E-state index contributed by atoms with van der Waals surface area (Å²) in [5.41, 5.74) is 7.07. The molecule has 0 saturated heterocycles. The Hall–Kier alpha value is -1.66. The predicted octanol–water partition coefficient (Wildman–Crippen LogP) is 0.975. The summed E-state index contributed by atoms with van der Waals surface area (Å²) >= 11 is 0. The minimum Gasteiger partial charge on any atom is -0.383 e. The molecule has 0 fully saturated rings. The van der Waals surface area contributed by atoms with Crippen LogP contribution in [0.5, 0.6) is 0 Å². The number of anilines is 1. The van der Waals surface area contributed by atoms with E-state index < -0.39 is 0 Å². The Balaban J connectivity index is 2.93. The van der Waals surface area contributed by atoms with Crippen molar-refractivity contribution in [3.05, 3.63) is 24.0 Å². The van der Waals surface area contributed by atoms with Crippen LogP contribution in [0.4, 0.5) is 5.69 Å². The standard InChI is InChI=1S/C15H26N4O2/c1-4-18(5-2)15(20)14-12-13(6-8-17-14)19(9-7-16)10-11-21-3/h6,8,12H,4-5,7,9-11,16H2,1-3H3. The van der Waals surface area contributed by atoms with Crippen LogP contribution in [0.2, 0.25) is 0 Å². The first-order chi connectivity index (χ1) is 10.2. The number of carbonyl (C=O) groups excluding carboxylic acids is 1. The van der Waals surface area contributed by atoms with Crippen molar-refractivity contribution in [2.75, 3.05) is 51.3 Å². The molecule has 1 aromatic rings. The van der Waals surface area contributed by atoms with E-state index in [1.807, 2.05) is 26.0 Å². The molecular formula is C15H26N4O2. The lowest BCUT2D eigenvalue weighted by atomic mass is 10.2. The number of carbonyl (C=O) groups is 1. The van der Waals surface area contributed by atoms with Crippen molar-refractivity contribution in [1.82, 2.24) is 9.88 Å². The Morgan fingerprint density at radius 1 is 1.33 bits per heavy atom. The van der Waals surface area contributed by atoms with Gasteiger partial charge in [0.15, 0.2) is 0 Å². The van der Waals surface area contributed by atoms with Crippen LogP contribution in [0.25, 0.3) is 0 Å². The van der Waals surface area contributed by atoms with Gasteiger partial charge in [0.1, 0.15) is 5.69 Å². The Kier molecular flexibility index (Phi) is 7.71. The minimum absolute atomic E-state index is 0.0405. The normalized spacial score (nSPS) is 10.5. The SMILES string of the molecule is CCN(CC)C(=O)c1cc(N(CCN)CCOC)ccn1. The molecule has 0 aliphatic rings. The molecule has 1 amide bonds. The molecule has 0 saturated carbocycles. The van der Waals surface area contributed by atoms with Crippen molar-refractivity contribution in [2.45, 2.75) is 13.8 Å². The van der Waals surface area contributed by atoms with Gasteiger partial charge in [0.2, 0.25) is 0 Å². The maximum Gasteiger partial charge on any atom is 0.272 e. The van der Waals surface area contributed by atoms with Crippen LogP contribution in [0.15, 0.2) is 18.3 Å². The van der Waals surface area contributed by atoms with Gasteiger partial charge in [-0.25, -0.2) is 0 Å². The fraction of sp³-hybridized carbons (Fsp3) is 0.600. The van der Waals surface area contributed by atoms with E-state index in [4.69, 9.17) is 10.5 Å². The zero-order valence-electron chi connectivity index (χ0n) is 13.2. The molecule has 0 aliphatic carbocycles. The van der Waals surface area contributed by atoms with Crippen molar-refractivity contribution in [1.29, 1.82) is 0 Å². The Labute approximate surface area is 126 Å². The number of aromatic nitrogens is 1. The number of pyridine rings is 1. The second-order valence-electron chi connectivity index (χ2n) is 4.65. The zero-order valence-corrected chi connectivity index (χ0v) is 13.2. The third-order valence-electron chi connectivity index (χ3n) is 3.34. The lowest BCUT2D eigenvalue weighted by Crippen LogP contribution is -2.33. The van der Waals surface area contributed by atoms with E-state index in [1.54, 1.807) is 18.2 Å². The van der Waals surface area contributed by atoms with Crippen molar-refractivity contribution in [3.8, 4) is 0 Å². The van der Waals surface area contributed by atoms with Gasteiger partial charge >= 0.3 is 0 Å². The second kappa shape index (κ2) is 9.31. The number of ether oxygens (including phenoxy) is 1. The van der Waals surface area contributed by atoms with Crippen molar-refractivity contribution < 1.29 is 9.53 Å². The molecule has 0 unspecified atom stereocenters. The summed E-state index contributed by atoms with van der Waals surface area (Å²) in [7, 11) is 1.67. The average Bonchev–Trinajstić information content (AvgIpc) is 2.52. The molecule has 1 rings (SSSR count). The maximum absolute atomic E-state index is 12.3. The smallest absolute Gasteiger partial charge is 0.272 e. The molecule has 6 nitrogen and oxygen atoms in total. The number of nitrogens with zero attached hydrogens (tertiary/aromatic N) is 3. The topological polar surface area (TPSA) is 71.7 Å². The van der Waals surface area contributed by atoms with Gasteiger partial charge in [-0.3, -0.25) is 9.78 Å². The van der Waals surface area contributed by atoms with Crippen LogP contribution in [0.1, 0.15) is 24.3 Å². The summed E-state index contributed by atoms with van der Waals surface area (Å²) in [5, 5.41) is 0. The van der Waals surface area contributed by atoms with Gasteiger partial charge in [0.25, 0.3) is 5.91 Å². The summed E-state index contributed by atoms with van der Waals surface area (Å²) in [6.45, 7) is 7.89. The van der Waals surface area contributed by atoms with Crippen LogP contribution >= 0.6 is 0 Å². The molecule has 0 atom stereocenters. The van der Waals surface area contributed by atoms with Crippen LogP contribution in [-0.4, -0.2) is 62.2 Å².